The third kappa shape index (κ3) is 5.47. The van der Waals surface area contributed by atoms with E-state index in [1.165, 1.54) is 0 Å². The highest BCUT2D eigenvalue weighted by Gasteiger charge is 2.19. The molecule has 1 atom stereocenters. The van der Waals surface area contributed by atoms with Crippen LogP contribution in [0, 0.1) is 11.8 Å². The number of carbonyl (C=O) groups excluding carboxylic acids is 1. The molecule has 0 saturated heterocycles. The standard InChI is InChI=1S/C15H26N2O2/c1-4-17(11-14-6-5-7-19-14)15(18)9-13(10-16)8-12(2)3/h5-7,12-13H,4,8-11,16H2,1-3H3/t13-/m0/s1. The molecule has 2 N–H and O–H groups in total. The van der Waals surface area contributed by atoms with Crippen LogP contribution in [0.5, 0.6) is 0 Å². The molecule has 0 fully saturated rings. The van der Waals surface area contributed by atoms with E-state index in [1.807, 2.05) is 24.0 Å². The Bertz CT molecular complexity index is 360. The maximum absolute atomic E-state index is 12.3. The summed E-state index contributed by atoms with van der Waals surface area (Å²) >= 11 is 0. The molecular formula is C15H26N2O2. The Hall–Kier alpha value is -1.29. The van der Waals surface area contributed by atoms with Gasteiger partial charge >= 0.3 is 0 Å². The predicted molar refractivity (Wildman–Crippen MR) is 76.4 cm³/mol. The summed E-state index contributed by atoms with van der Waals surface area (Å²) in [6, 6.07) is 3.74. The van der Waals surface area contributed by atoms with Crippen molar-refractivity contribution in [2.45, 2.75) is 40.2 Å². The highest BCUT2D eigenvalue weighted by Crippen LogP contribution is 2.16. The SMILES string of the molecule is CCN(Cc1ccco1)C(=O)C[C@@H](CN)CC(C)C. The Morgan fingerprint density at radius 3 is 2.68 bits per heavy atom. The first-order valence-corrected chi connectivity index (χ1v) is 7.07. The molecule has 1 aromatic heterocycles. The Balaban J connectivity index is 2.52. The van der Waals surface area contributed by atoms with Crippen molar-refractivity contribution in [1.82, 2.24) is 4.90 Å². The van der Waals surface area contributed by atoms with Crippen LogP contribution in [-0.2, 0) is 11.3 Å². The molecule has 1 heterocycles. The first-order chi connectivity index (χ1) is 9.06. The molecule has 0 spiro atoms. The Morgan fingerprint density at radius 2 is 2.21 bits per heavy atom. The minimum atomic E-state index is 0.162. The molecule has 4 nitrogen and oxygen atoms in total. The first-order valence-electron chi connectivity index (χ1n) is 7.07. The molecule has 0 aliphatic heterocycles. The molecule has 0 aliphatic rings. The van der Waals surface area contributed by atoms with Crippen molar-refractivity contribution in [3.05, 3.63) is 24.2 Å². The second-order valence-electron chi connectivity index (χ2n) is 5.42. The second kappa shape index (κ2) is 8.00. The van der Waals surface area contributed by atoms with Crippen molar-refractivity contribution in [2.75, 3.05) is 13.1 Å². The van der Waals surface area contributed by atoms with Crippen LogP contribution in [0.15, 0.2) is 22.8 Å². The summed E-state index contributed by atoms with van der Waals surface area (Å²) in [6.07, 6.45) is 3.17. The zero-order valence-corrected chi connectivity index (χ0v) is 12.3. The minimum absolute atomic E-state index is 0.162. The molecule has 0 saturated carbocycles. The second-order valence-corrected chi connectivity index (χ2v) is 5.42. The largest absolute Gasteiger partial charge is 0.467 e. The monoisotopic (exact) mass is 266 g/mol. The van der Waals surface area contributed by atoms with Crippen LogP contribution in [0.2, 0.25) is 0 Å². The van der Waals surface area contributed by atoms with Gasteiger partial charge in [0, 0.05) is 13.0 Å². The molecule has 0 unspecified atom stereocenters. The van der Waals surface area contributed by atoms with E-state index >= 15 is 0 Å². The average Bonchev–Trinajstić information content (AvgIpc) is 2.87. The third-order valence-corrected chi connectivity index (χ3v) is 3.26. The Labute approximate surface area is 116 Å². The molecule has 1 amide bonds. The van der Waals surface area contributed by atoms with Crippen molar-refractivity contribution < 1.29 is 9.21 Å². The topological polar surface area (TPSA) is 59.5 Å². The number of amides is 1. The van der Waals surface area contributed by atoms with Crippen LogP contribution in [0.4, 0.5) is 0 Å². The van der Waals surface area contributed by atoms with Crippen molar-refractivity contribution in [3.8, 4) is 0 Å². The number of hydrogen-bond acceptors (Lipinski definition) is 3. The lowest BCUT2D eigenvalue weighted by Crippen LogP contribution is -2.33. The zero-order chi connectivity index (χ0) is 14.3. The fourth-order valence-corrected chi connectivity index (χ4v) is 2.27. The van der Waals surface area contributed by atoms with Gasteiger partial charge in [0.2, 0.25) is 5.91 Å². The fraction of sp³-hybridized carbons (Fsp3) is 0.667. The molecule has 0 radical (unpaired) electrons. The van der Waals surface area contributed by atoms with Gasteiger partial charge in [-0.2, -0.15) is 0 Å². The highest BCUT2D eigenvalue weighted by atomic mass is 16.3. The maximum atomic E-state index is 12.3. The molecule has 19 heavy (non-hydrogen) atoms. The van der Waals surface area contributed by atoms with Crippen molar-refractivity contribution in [2.24, 2.45) is 17.6 Å². The van der Waals surface area contributed by atoms with Gasteiger partial charge in [0.1, 0.15) is 5.76 Å². The van der Waals surface area contributed by atoms with Gasteiger partial charge in [-0.1, -0.05) is 13.8 Å². The van der Waals surface area contributed by atoms with Crippen LogP contribution in [-0.4, -0.2) is 23.9 Å². The smallest absolute Gasteiger partial charge is 0.223 e. The summed E-state index contributed by atoms with van der Waals surface area (Å²) in [5, 5.41) is 0. The maximum Gasteiger partial charge on any atom is 0.223 e. The van der Waals surface area contributed by atoms with Crippen LogP contribution in [0.3, 0.4) is 0 Å². The fourth-order valence-electron chi connectivity index (χ4n) is 2.27. The van der Waals surface area contributed by atoms with Crippen LogP contribution in [0.25, 0.3) is 0 Å². The number of hydrogen-bond donors (Lipinski definition) is 1. The summed E-state index contributed by atoms with van der Waals surface area (Å²) in [5.74, 6) is 1.83. The summed E-state index contributed by atoms with van der Waals surface area (Å²) in [7, 11) is 0. The predicted octanol–water partition coefficient (Wildman–Crippen LogP) is 2.64. The highest BCUT2D eigenvalue weighted by molar-refractivity contribution is 5.76. The Kier molecular flexibility index (Phi) is 6.64. The molecule has 0 bridgehead atoms. The normalized spacial score (nSPS) is 12.7. The van der Waals surface area contributed by atoms with E-state index in [1.54, 1.807) is 6.26 Å². The van der Waals surface area contributed by atoms with E-state index in [0.717, 1.165) is 12.2 Å². The van der Waals surface area contributed by atoms with Gasteiger partial charge in [-0.3, -0.25) is 4.79 Å². The van der Waals surface area contributed by atoms with E-state index < -0.39 is 0 Å². The molecule has 0 aromatic carbocycles. The molecular weight excluding hydrogens is 240 g/mol. The molecule has 4 heteroatoms. The summed E-state index contributed by atoms with van der Waals surface area (Å²) < 4.78 is 5.29. The lowest BCUT2D eigenvalue weighted by molar-refractivity contribution is -0.132. The van der Waals surface area contributed by atoms with Crippen LogP contribution in [0.1, 0.15) is 39.4 Å². The number of nitrogens with zero attached hydrogens (tertiary/aromatic N) is 1. The molecule has 1 aromatic rings. The van der Waals surface area contributed by atoms with Gasteiger partial charge in [-0.05, 0) is 43.9 Å². The van der Waals surface area contributed by atoms with E-state index in [4.69, 9.17) is 10.2 Å². The van der Waals surface area contributed by atoms with E-state index in [2.05, 4.69) is 13.8 Å². The molecule has 0 aliphatic carbocycles. The van der Waals surface area contributed by atoms with Crippen LogP contribution >= 0.6 is 0 Å². The number of furan rings is 1. The summed E-state index contributed by atoms with van der Waals surface area (Å²) in [5.41, 5.74) is 5.76. The number of nitrogens with two attached hydrogens (primary N) is 1. The van der Waals surface area contributed by atoms with Gasteiger partial charge in [0.25, 0.3) is 0 Å². The number of carbonyl (C=O) groups is 1. The van der Waals surface area contributed by atoms with Gasteiger partial charge in [-0.25, -0.2) is 0 Å². The van der Waals surface area contributed by atoms with Gasteiger partial charge < -0.3 is 15.1 Å². The minimum Gasteiger partial charge on any atom is -0.467 e. The van der Waals surface area contributed by atoms with Crippen molar-refractivity contribution in [3.63, 3.8) is 0 Å². The van der Waals surface area contributed by atoms with Crippen LogP contribution < -0.4 is 5.73 Å². The average molecular weight is 266 g/mol. The zero-order valence-electron chi connectivity index (χ0n) is 12.3. The third-order valence-electron chi connectivity index (χ3n) is 3.26. The number of rotatable bonds is 8. The van der Waals surface area contributed by atoms with Crippen molar-refractivity contribution in [1.29, 1.82) is 0 Å². The van der Waals surface area contributed by atoms with E-state index in [-0.39, 0.29) is 11.8 Å². The van der Waals surface area contributed by atoms with Crippen molar-refractivity contribution >= 4 is 5.91 Å². The van der Waals surface area contributed by atoms with E-state index in [9.17, 15) is 4.79 Å². The van der Waals surface area contributed by atoms with Gasteiger partial charge in [0.05, 0.1) is 12.8 Å². The van der Waals surface area contributed by atoms with E-state index in [0.29, 0.717) is 32.0 Å². The summed E-state index contributed by atoms with van der Waals surface area (Å²) in [6.45, 7) is 8.11. The lowest BCUT2D eigenvalue weighted by Gasteiger charge is -2.23. The van der Waals surface area contributed by atoms with Gasteiger partial charge in [0.15, 0.2) is 0 Å². The molecule has 1 rings (SSSR count). The molecule has 108 valence electrons. The van der Waals surface area contributed by atoms with Gasteiger partial charge in [-0.15, -0.1) is 0 Å². The summed E-state index contributed by atoms with van der Waals surface area (Å²) in [4.78, 5) is 14.1. The lowest BCUT2D eigenvalue weighted by atomic mass is 9.94. The quantitative estimate of drug-likeness (QED) is 0.787. The first kappa shape index (κ1) is 15.8. The Morgan fingerprint density at radius 1 is 1.47 bits per heavy atom.